The Kier molecular flexibility index (Phi) is 3.67. The highest BCUT2D eigenvalue weighted by atomic mass is 15.2. The number of hydrogen-bond donors (Lipinski definition) is 1. The molecule has 0 unspecified atom stereocenters. The van der Waals surface area contributed by atoms with Crippen LogP contribution in [0.1, 0.15) is 5.56 Å². The third kappa shape index (κ3) is 2.91. The maximum absolute atomic E-state index is 4.14. The molecule has 1 aromatic heterocycles. The van der Waals surface area contributed by atoms with Gasteiger partial charge in [-0.15, -0.1) is 0 Å². The Hall–Kier alpha value is -2.23. The molecule has 0 fully saturated rings. The third-order valence-corrected chi connectivity index (χ3v) is 2.70. The monoisotopic (exact) mass is 242 g/mol. The van der Waals surface area contributed by atoms with Crippen molar-refractivity contribution in [1.82, 2.24) is 9.78 Å². The van der Waals surface area contributed by atoms with Crippen molar-refractivity contribution in [1.29, 1.82) is 0 Å². The van der Waals surface area contributed by atoms with Gasteiger partial charge in [0.1, 0.15) is 0 Å². The van der Waals surface area contributed by atoms with Gasteiger partial charge in [0.05, 0.1) is 6.20 Å². The van der Waals surface area contributed by atoms with Gasteiger partial charge in [-0.25, -0.2) is 4.68 Å². The molecule has 1 N–H and O–H groups in total. The highest BCUT2D eigenvalue weighted by Gasteiger charge is 1.99. The second kappa shape index (κ2) is 5.40. The summed E-state index contributed by atoms with van der Waals surface area (Å²) in [6, 6.07) is 8.31. The predicted octanol–water partition coefficient (Wildman–Crippen LogP) is 2.66. The molecule has 18 heavy (non-hydrogen) atoms. The van der Waals surface area contributed by atoms with Crippen LogP contribution in [-0.4, -0.2) is 23.9 Å². The van der Waals surface area contributed by atoms with Crippen LogP contribution in [0.15, 0.2) is 43.2 Å². The van der Waals surface area contributed by atoms with Gasteiger partial charge in [-0.3, -0.25) is 0 Å². The number of anilines is 2. The number of rotatable bonds is 5. The fourth-order valence-electron chi connectivity index (χ4n) is 1.67. The van der Waals surface area contributed by atoms with Gasteiger partial charge in [0.15, 0.2) is 0 Å². The van der Waals surface area contributed by atoms with Crippen molar-refractivity contribution in [2.24, 2.45) is 0 Å². The average Bonchev–Trinajstić information content (AvgIpc) is 2.84. The third-order valence-electron chi connectivity index (χ3n) is 2.70. The van der Waals surface area contributed by atoms with Gasteiger partial charge >= 0.3 is 0 Å². The Morgan fingerprint density at radius 3 is 2.94 bits per heavy atom. The second-order valence-corrected chi connectivity index (χ2v) is 4.31. The number of hydrogen-bond acceptors (Lipinski definition) is 3. The lowest BCUT2D eigenvalue weighted by atomic mass is 10.2. The van der Waals surface area contributed by atoms with Crippen LogP contribution >= 0.6 is 0 Å². The summed E-state index contributed by atoms with van der Waals surface area (Å²) in [6.07, 6.45) is 5.47. The molecule has 0 aliphatic rings. The first-order chi connectivity index (χ1) is 8.69. The van der Waals surface area contributed by atoms with Gasteiger partial charge in [-0.1, -0.05) is 12.6 Å². The Labute approximate surface area is 108 Å². The molecule has 0 aliphatic heterocycles. The van der Waals surface area contributed by atoms with Gasteiger partial charge in [0.25, 0.3) is 0 Å². The van der Waals surface area contributed by atoms with E-state index in [2.05, 4.69) is 40.1 Å². The van der Waals surface area contributed by atoms with Crippen LogP contribution in [0, 0.1) is 0 Å². The van der Waals surface area contributed by atoms with Crippen LogP contribution in [0.25, 0.3) is 6.20 Å². The summed E-state index contributed by atoms with van der Waals surface area (Å²) in [5.41, 5.74) is 3.42. The van der Waals surface area contributed by atoms with Crippen molar-refractivity contribution >= 4 is 17.6 Å². The van der Waals surface area contributed by atoms with Gasteiger partial charge in [0.2, 0.25) is 0 Å². The van der Waals surface area contributed by atoms with Crippen molar-refractivity contribution in [2.45, 2.75) is 6.54 Å². The lowest BCUT2D eigenvalue weighted by molar-refractivity contribution is 0.936. The minimum atomic E-state index is 0.755. The lowest BCUT2D eigenvalue weighted by Gasteiger charge is -2.14. The van der Waals surface area contributed by atoms with Crippen molar-refractivity contribution in [3.8, 4) is 0 Å². The smallest absolute Gasteiger partial charge is 0.0543 e. The zero-order chi connectivity index (χ0) is 13.0. The molecule has 0 saturated carbocycles. The maximum atomic E-state index is 4.14. The molecule has 0 spiro atoms. The topological polar surface area (TPSA) is 33.1 Å². The quantitative estimate of drug-likeness (QED) is 0.875. The molecule has 0 saturated heterocycles. The van der Waals surface area contributed by atoms with E-state index in [0.717, 1.165) is 17.8 Å². The molecule has 2 rings (SSSR count). The summed E-state index contributed by atoms with van der Waals surface area (Å²) in [6.45, 7) is 4.42. The summed E-state index contributed by atoms with van der Waals surface area (Å²) in [4.78, 5) is 2.08. The van der Waals surface area contributed by atoms with Gasteiger partial charge in [0, 0.05) is 50.0 Å². The summed E-state index contributed by atoms with van der Waals surface area (Å²) in [5, 5.41) is 7.52. The predicted molar refractivity (Wildman–Crippen MR) is 76.7 cm³/mol. The molecular weight excluding hydrogens is 224 g/mol. The maximum Gasteiger partial charge on any atom is 0.0543 e. The zero-order valence-electron chi connectivity index (χ0n) is 10.8. The standard InChI is InChI=1S/C14H18N4/c1-4-18-11-12(10-16-18)9-15-13-6-5-7-14(8-13)17(2)3/h4-8,10-11,15H,1,9H2,2-3H3. The first-order valence-electron chi connectivity index (χ1n) is 5.86. The molecule has 0 aliphatic carbocycles. The van der Waals surface area contributed by atoms with E-state index < -0.39 is 0 Å². The Morgan fingerprint density at radius 2 is 2.28 bits per heavy atom. The Morgan fingerprint density at radius 1 is 1.44 bits per heavy atom. The molecule has 4 nitrogen and oxygen atoms in total. The van der Waals surface area contributed by atoms with Crippen LogP contribution < -0.4 is 10.2 Å². The van der Waals surface area contributed by atoms with Crippen molar-refractivity contribution in [2.75, 3.05) is 24.3 Å². The van der Waals surface area contributed by atoms with E-state index in [1.54, 1.807) is 10.9 Å². The SMILES string of the molecule is C=Cn1cc(CNc2cccc(N(C)C)c2)cn1. The zero-order valence-corrected chi connectivity index (χ0v) is 10.8. The van der Waals surface area contributed by atoms with Crippen LogP contribution in [0.4, 0.5) is 11.4 Å². The summed E-state index contributed by atoms with van der Waals surface area (Å²) in [7, 11) is 4.07. The Balaban J connectivity index is 2.01. The molecule has 0 atom stereocenters. The Bertz CT molecular complexity index is 528. The van der Waals surface area contributed by atoms with E-state index in [1.807, 2.05) is 32.6 Å². The minimum Gasteiger partial charge on any atom is -0.381 e. The first-order valence-corrected chi connectivity index (χ1v) is 5.86. The van der Waals surface area contributed by atoms with Gasteiger partial charge in [-0.2, -0.15) is 5.10 Å². The van der Waals surface area contributed by atoms with E-state index in [9.17, 15) is 0 Å². The number of benzene rings is 1. The summed E-state index contributed by atoms with van der Waals surface area (Å²) < 4.78 is 1.70. The van der Waals surface area contributed by atoms with Crippen molar-refractivity contribution in [3.63, 3.8) is 0 Å². The molecule has 0 bridgehead atoms. The lowest BCUT2D eigenvalue weighted by Crippen LogP contribution is -2.09. The summed E-state index contributed by atoms with van der Waals surface area (Å²) >= 11 is 0. The molecular formula is C14H18N4. The molecule has 1 aromatic carbocycles. The van der Waals surface area contributed by atoms with Gasteiger partial charge in [-0.05, 0) is 18.2 Å². The van der Waals surface area contributed by atoms with Crippen LogP contribution in [-0.2, 0) is 6.54 Å². The average molecular weight is 242 g/mol. The molecule has 94 valence electrons. The number of nitrogens with zero attached hydrogens (tertiary/aromatic N) is 3. The largest absolute Gasteiger partial charge is 0.381 e. The van der Waals surface area contributed by atoms with Gasteiger partial charge < -0.3 is 10.2 Å². The van der Waals surface area contributed by atoms with E-state index in [-0.39, 0.29) is 0 Å². The van der Waals surface area contributed by atoms with Crippen LogP contribution in [0.2, 0.25) is 0 Å². The second-order valence-electron chi connectivity index (χ2n) is 4.31. The fourth-order valence-corrected chi connectivity index (χ4v) is 1.67. The van der Waals surface area contributed by atoms with Crippen LogP contribution in [0.5, 0.6) is 0 Å². The minimum absolute atomic E-state index is 0.755. The molecule has 1 heterocycles. The van der Waals surface area contributed by atoms with E-state index in [0.29, 0.717) is 0 Å². The van der Waals surface area contributed by atoms with Crippen molar-refractivity contribution in [3.05, 3.63) is 48.8 Å². The summed E-state index contributed by atoms with van der Waals surface area (Å²) in [5.74, 6) is 0. The van der Waals surface area contributed by atoms with E-state index >= 15 is 0 Å². The van der Waals surface area contributed by atoms with E-state index in [4.69, 9.17) is 0 Å². The number of aromatic nitrogens is 2. The van der Waals surface area contributed by atoms with E-state index in [1.165, 1.54) is 5.69 Å². The molecule has 4 heteroatoms. The molecule has 0 radical (unpaired) electrons. The number of nitrogens with one attached hydrogen (secondary N) is 1. The first kappa shape index (κ1) is 12.2. The van der Waals surface area contributed by atoms with Crippen LogP contribution in [0.3, 0.4) is 0 Å². The highest BCUT2D eigenvalue weighted by Crippen LogP contribution is 2.17. The normalized spacial score (nSPS) is 10.1. The fraction of sp³-hybridized carbons (Fsp3) is 0.214. The highest BCUT2D eigenvalue weighted by molar-refractivity contribution is 5.57. The molecule has 0 amide bonds. The van der Waals surface area contributed by atoms with Crippen molar-refractivity contribution < 1.29 is 0 Å². The molecule has 2 aromatic rings.